The van der Waals surface area contributed by atoms with Crippen molar-refractivity contribution in [3.63, 3.8) is 0 Å². The van der Waals surface area contributed by atoms with Crippen molar-refractivity contribution in [2.45, 2.75) is 26.3 Å². The van der Waals surface area contributed by atoms with Crippen molar-refractivity contribution in [1.82, 2.24) is 9.78 Å². The van der Waals surface area contributed by atoms with E-state index in [2.05, 4.69) is 5.10 Å². The lowest BCUT2D eigenvalue weighted by molar-refractivity contribution is -0.136. The molecular formula is C18H16ClFN2O2. The lowest BCUT2D eigenvalue weighted by atomic mass is 10.1. The molecule has 0 aliphatic rings. The Morgan fingerprint density at radius 2 is 2.08 bits per heavy atom. The molecule has 0 fully saturated rings. The highest BCUT2D eigenvalue weighted by atomic mass is 35.5. The van der Waals surface area contributed by atoms with Crippen molar-refractivity contribution in [3.8, 4) is 0 Å². The first-order valence-corrected chi connectivity index (χ1v) is 7.93. The van der Waals surface area contributed by atoms with Crippen LogP contribution in [0.15, 0.2) is 36.4 Å². The normalized spacial score (nSPS) is 11.1. The smallest absolute Gasteiger partial charge is 0.303 e. The van der Waals surface area contributed by atoms with Gasteiger partial charge in [0, 0.05) is 16.8 Å². The minimum atomic E-state index is -0.907. The summed E-state index contributed by atoms with van der Waals surface area (Å²) in [5.74, 6) is -1.28. The number of carbonyl (C=O) groups is 1. The molecular weight excluding hydrogens is 331 g/mol. The Hall–Kier alpha value is -2.40. The van der Waals surface area contributed by atoms with Crippen LogP contribution in [0, 0.1) is 12.7 Å². The molecule has 0 aliphatic heterocycles. The van der Waals surface area contributed by atoms with Gasteiger partial charge in [-0.1, -0.05) is 23.7 Å². The molecule has 3 aromatic rings. The van der Waals surface area contributed by atoms with E-state index in [-0.39, 0.29) is 18.7 Å². The lowest BCUT2D eigenvalue weighted by Gasteiger charge is -2.07. The number of carboxylic acid groups (broad SMARTS) is 1. The molecule has 1 aromatic heterocycles. The Morgan fingerprint density at radius 1 is 1.29 bits per heavy atom. The van der Waals surface area contributed by atoms with Crippen LogP contribution in [0.5, 0.6) is 0 Å². The maximum atomic E-state index is 13.6. The minimum absolute atomic E-state index is 0.0477. The van der Waals surface area contributed by atoms with Crippen molar-refractivity contribution in [2.24, 2.45) is 0 Å². The Morgan fingerprint density at radius 3 is 2.79 bits per heavy atom. The van der Waals surface area contributed by atoms with E-state index in [9.17, 15) is 9.18 Å². The highest BCUT2D eigenvalue weighted by molar-refractivity contribution is 6.31. The molecule has 0 radical (unpaired) electrons. The molecule has 4 nitrogen and oxygen atoms in total. The van der Waals surface area contributed by atoms with Gasteiger partial charge in [0.2, 0.25) is 0 Å². The molecule has 0 spiro atoms. The summed E-state index contributed by atoms with van der Waals surface area (Å²) < 4.78 is 15.3. The molecule has 24 heavy (non-hydrogen) atoms. The molecule has 0 atom stereocenters. The molecule has 124 valence electrons. The molecule has 0 saturated carbocycles. The van der Waals surface area contributed by atoms with E-state index in [1.54, 1.807) is 10.7 Å². The number of rotatable bonds is 5. The number of aromatic nitrogens is 2. The van der Waals surface area contributed by atoms with E-state index in [0.717, 1.165) is 16.6 Å². The summed E-state index contributed by atoms with van der Waals surface area (Å²) in [6, 6.07) is 10.2. The predicted molar refractivity (Wildman–Crippen MR) is 90.9 cm³/mol. The van der Waals surface area contributed by atoms with Gasteiger partial charge in [-0.3, -0.25) is 9.48 Å². The molecule has 6 heteroatoms. The number of benzene rings is 2. The monoisotopic (exact) mass is 346 g/mol. The quantitative estimate of drug-likeness (QED) is 0.753. The van der Waals surface area contributed by atoms with Crippen LogP contribution in [0.4, 0.5) is 4.39 Å². The van der Waals surface area contributed by atoms with Gasteiger partial charge in [-0.15, -0.1) is 0 Å². The van der Waals surface area contributed by atoms with Crippen molar-refractivity contribution in [1.29, 1.82) is 0 Å². The summed E-state index contributed by atoms with van der Waals surface area (Å²) in [7, 11) is 0. The molecule has 1 heterocycles. The molecule has 0 saturated heterocycles. The second-order valence-electron chi connectivity index (χ2n) is 5.75. The molecule has 2 aromatic carbocycles. The van der Waals surface area contributed by atoms with Crippen LogP contribution in [0.1, 0.15) is 23.2 Å². The number of hydrogen-bond donors (Lipinski definition) is 1. The van der Waals surface area contributed by atoms with Gasteiger partial charge < -0.3 is 5.11 Å². The van der Waals surface area contributed by atoms with Crippen LogP contribution >= 0.6 is 11.6 Å². The van der Waals surface area contributed by atoms with Gasteiger partial charge in [-0.2, -0.15) is 5.10 Å². The van der Waals surface area contributed by atoms with Crippen molar-refractivity contribution >= 4 is 28.5 Å². The van der Waals surface area contributed by atoms with Gasteiger partial charge in [-0.05, 0) is 42.3 Å². The molecule has 3 rings (SSSR count). The zero-order chi connectivity index (χ0) is 17.3. The summed E-state index contributed by atoms with van der Waals surface area (Å²) in [4.78, 5) is 10.8. The summed E-state index contributed by atoms with van der Waals surface area (Å²) in [5, 5.41) is 14.7. The van der Waals surface area contributed by atoms with E-state index in [1.807, 2.05) is 25.1 Å². The molecule has 0 unspecified atom stereocenters. The summed E-state index contributed by atoms with van der Waals surface area (Å²) in [5.41, 5.74) is 3.31. The average molecular weight is 347 g/mol. The van der Waals surface area contributed by atoms with Crippen LogP contribution in [0.2, 0.25) is 5.02 Å². The van der Waals surface area contributed by atoms with Gasteiger partial charge in [0.05, 0.1) is 24.2 Å². The largest absolute Gasteiger partial charge is 0.481 e. The Kier molecular flexibility index (Phi) is 4.53. The van der Waals surface area contributed by atoms with Crippen LogP contribution in [0.3, 0.4) is 0 Å². The van der Waals surface area contributed by atoms with Gasteiger partial charge >= 0.3 is 5.97 Å². The van der Waals surface area contributed by atoms with Crippen LogP contribution in [0.25, 0.3) is 10.9 Å². The Balaban J connectivity index is 2.02. The average Bonchev–Trinajstić information content (AvgIpc) is 2.85. The number of aryl methyl sites for hydroxylation is 2. The topological polar surface area (TPSA) is 55.1 Å². The second-order valence-corrected chi connectivity index (χ2v) is 6.16. The van der Waals surface area contributed by atoms with Gasteiger partial charge in [0.1, 0.15) is 5.82 Å². The number of carboxylic acids is 1. The number of nitrogens with zero attached hydrogens (tertiary/aromatic N) is 2. The number of aliphatic carboxylic acids is 1. The zero-order valence-electron chi connectivity index (χ0n) is 13.1. The molecule has 0 amide bonds. The summed E-state index contributed by atoms with van der Waals surface area (Å²) >= 11 is 6.29. The number of hydrogen-bond acceptors (Lipinski definition) is 2. The molecule has 1 N–H and O–H groups in total. The second kappa shape index (κ2) is 6.61. The van der Waals surface area contributed by atoms with Crippen LogP contribution in [-0.4, -0.2) is 20.9 Å². The van der Waals surface area contributed by atoms with Crippen LogP contribution < -0.4 is 0 Å². The fourth-order valence-electron chi connectivity index (χ4n) is 2.69. The third-order valence-electron chi connectivity index (χ3n) is 3.89. The minimum Gasteiger partial charge on any atom is -0.481 e. The standard InChI is InChI=1S/C18H16ClFN2O2/c1-11-2-3-12(15(19)8-11)10-22-17-6-4-13(20)9-14(17)16(21-22)5-7-18(23)24/h2-4,6,8-9H,5,7,10H2,1H3,(H,23,24). The first kappa shape index (κ1) is 16.5. The van der Waals surface area contributed by atoms with Gasteiger partial charge in [0.15, 0.2) is 0 Å². The van der Waals surface area contributed by atoms with Crippen molar-refractivity contribution in [3.05, 3.63) is 64.1 Å². The maximum Gasteiger partial charge on any atom is 0.303 e. The third-order valence-corrected chi connectivity index (χ3v) is 4.25. The Bertz CT molecular complexity index is 921. The lowest BCUT2D eigenvalue weighted by Crippen LogP contribution is -2.04. The van der Waals surface area contributed by atoms with E-state index < -0.39 is 5.97 Å². The van der Waals surface area contributed by atoms with E-state index in [0.29, 0.717) is 22.6 Å². The Labute approximate surface area is 143 Å². The van der Waals surface area contributed by atoms with Crippen LogP contribution in [-0.2, 0) is 17.8 Å². The van der Waals surface area contributed by atoms with Crippen molar-refractivity contribution < 1.29 is 14.3 Å². The first-order valence-electron chi connectivity index (χ1n) is 7.56. The highest BCUT2D eigenvalue weighted by Crippen LogP contribution is 2.24. The number of fused-ring (bicyclic) bond motifs is 1. The fraction of sp³-hybridized carbons (Fsp3) is 0.222. The SMILES string of the molecule is Cc1ccc(Cn2nc(CCC(=O)O)c3cc(F)ccc32)c(Cl)c1. The molecule has 0 aliphatic carbocycles. The predicted octanol–water partition coefficient (Wildman–Crippen LogP) is 4.20. The van der Waals surface area contributed by atoms with Crippen molar-refractivity contribution in [2.75, 3.05) is 0 Å². The van der Waals surface area contributed by atoms with E-state index in [4.69, 9.17) is 16.7 Å². The number of halogens is 2. The maximum absolute atomic E-state index is 13.6. The van der Waals surface area contributed by atoms with E-state index in [1.165, 1.54) is 12.1 Å². The van der Waals surface area contributed by atoms with Gasteiger partial charge in [-0.25, -0.2) is 4.39 Å². The first-order chi connectivity index (χ1) is 11.4. The zero-order valence-corrected chi connectivity index (χ0v) is 13.8. The molecule has 0 bridgehead atoms. The summed E-state index contributed by atoms with van der Waals surface area (Å²) in [6.45, 7) is 2.40. The van der Waals surface area contributed by atoms with Gasteiger partial charge in [0.25, 0.3) is 0 Å². The highest BCUT2D eigenvalue weighted by Gasteiger charge is 2.14. The summed E-state index contributed by atoms with van der Waals surface area (Å²) in [6.07, 6.45) is 0.206. The fourth-order valence-corrected chi connectivity index (χ4v) is 2.99. The third kappa shape index (κ3) is 3.41. The van der Waals surface area contributed by atoms with E-state index >= 15 is 0 Å².